The minimum absolute atomic E-state index is 0.00786. The molecule has 1 saturated heterocycles. The number of benzene rings is 2. The molecule has 9 heteroatoms. The van der Waals surface area contributed by atoms with E-state index in [0.717, 1.165) is 36.9 Å². The number of hydrogen-bond acceptors (Lipinski definition) is 3. The van der Waals surface area contributed by atoms with Crippen LogP contribution in [0.5, 0.6) is 0 Å². The minimum Gasteiger partial charge on any atom is -0.345 e. The van der Waals surface area contributed by atoms with Crippen molar-refractivity contribution in [2.24, 2.45) is 11.3 Å². The molecule has 0 unspecified atom stereocenters. The normalized spacial score (nSPS) is 22.2. The van der Waals surface area contributed by atoms with Crippen LogP contribution in [0.15, 0.2) is 48.5 Å². The van der Waals surface area contributed by atoms with E-state index in [2.05, 4.69) is 46.4 Å². The lowest BCUT2D eigenvalue weighted by Crippen LogP contribution is -2.50. The summed E-state index contributed by atoms with van der Waals surface area (Å²) in [5, 5.41) is 12.7. The first-order valence-corrected chi connectivity index (χ1v) is 13.3. The summed E-state index contributed by atoms with van der Waals surface area (Å²) in [6.45, 7) is 8.41. The lowest BCUT2D eigenvalue weighted by molar-refractivity contribution is 0.0631. The second-order valence-corrected chi connectivity index (χ2v) is 11.9. The zero-order valence-electron chi connectivity index (χ0n) is 21.7. The van der Waals surface area contributed by atoms with E-state index in [1.165, 1.54) is 0 Å². The van der Waals surface area contributed by atoms with Gasteiger partial charge in [0, 0.05) is 12.1 Å². The number of amides is 3. The van der Waals surface area contributed by atoms with Gasteiger partial charge in [0.25, 0.3) is 5.91 Å². The molecule has 1 aliphatic carbocycles. The highest BCUT2D eigenvalue weighted by molar-refractivity contribution is 6.33. The van der Waals surface area contributed by atoms with E-state index in [1.807, 2.05) is 53.4 Å². The summed E-state index contributed by atoms with van der Waals surface area (Å²) in [6, 6.07) is 15.1. The predicted molar refractivity (Wildman–Crippen MR) is 144 cm³/mol. The van der Waals surface area contributed by atoms with Gasteiger partial charge in [-0.25, -0.2) is 10.0 Å². The second kappa shape index (κ2) is 9.89. The molecule has 1 saturated carbocycles. The molecule has 1 aromatic heterocycles. The van der Waals surface area contributed by atoms with Gasteiger partial charge in [0.05, 0.1) is 29.3 Å². The molecular weight excluding hydrogens is 488 g/mol. The molecule has 0 radical (unpaired) electrons. The van der Waals surface area contributed by atoms with Crippen LogP contribution >= 0.6 is 11.6 Å². The van der Waals surface area contributed by atoms with Gasteiger partial charge in [0.2, 0.25) is 0 Å². The van der Waals surface area contributed by atoms with Crippen molar-refractivity contribution < 1.29 is 9.59 Å². The van der Waals surface area contributed by atoms with Crippen molar-refractivity contribution in [3.8, 4) is 0 Å². The van der Waals surface area contributed by atoms with Crippen LogP contribution in [0.2, 0.25) is 5.02 Å². The SMILES string of the molecule is CC(C)(C)C1CCC2(CC1)CN(c1ccccc1Cl)C(=O)N2Cc1ccc(C(=O)NCc2n[nH][nH]2)cc1. The Hall–Kier alpha value is -3.26. The van der Waals surface area contributed by atoms with Crippen molar-refractivity contribution in [1.82, 2.24) is 25.6 Å². The van der Waals surface area contributed by atoms with Gasteiger partial charge in [0.1, 0.15) is 0 Å². The average molecular weight is 523 g/mol. The smallest absolute Gasteiger partial charge is 0.325 e. The van der Waals surface area contributed by atoms with Crippen LogP contribution in [0.25, 0.3) is 0 Å². The zero-order valence-corrected chi connectivity index (χ0v) is 22.4. The summed E-state index contributed by atoms with van der Waals surface area (Å²) >= 11 is 6.53. The standard InChI is InChI=1S/C28H35ClN6O2/c1-27(2,3)21-12-14-28(15-13-21)18-34(23-7-5-4-6-22(23)29)26(37)35(28)17-19-8-10-20(11-9-19)25(36)30-16-24-31-33-32-24/h4-11,21,33H,12-18H2,1-3H3,(H,30,36)(H,31,32). The third kappa shape index (κ3) is 5.12. The number of aromatic nitrogens is 3. The summed E-state index contributed by atoms with van der Waals surface area (Å²) in [4.78, 5) is 30.3. The predicted octanol–water partition coefficient (Wildman–Crippen LogP) is 5.74. The van der Waals surface area contributed by atoms with Crippen LogP contribution in [0.4, 0.5) is 10.5 Å². The van der Waals surface area contributed by atoms with E-state index in [0.29, 0.717) is 42.0 Å². The summed E-state index contributed by atoms with van der Waals surface area (Å²) < 4.78 is 0. The van der Waals surface area contributed by atoms with Crippen LogP contribution < -0.4 is 10.2 Å². The molecule has 3 N–H and O–H groups in total. The molecule has 2 fully saturated rings. The Morgan fingerprint density at radius 1 is 1.14 bits per heavy atom. The molecule has 196 valence electrons. The third-order valence-electron chi connectivity index (χ3n) is 8.14. The van der Waals surface area contributed by atoms with Crippen LogP contribution in [0, 0.1) is 11.3 Å². The third-order valence-corrected chi connectivity index (χ3v) is 8.45. The maximum atomic E-state index is 13.9. The molecule has 1 spiro atoms. The van der Waals surface area contributed by atoms with Crippen molar-refractivity contribution >= 4 is 29.2 Å². The fourth-order valence-corrected chi connectivity index (χ4v) is 6.01. The number of carbonyl (C=O) groups excluding carboxylic acids is 2. The second-order valence-electron chi connectivity index (χ2n) is 11.4. The van der Waals surface area contributed by atoms with Crippen LogP contribution in [0.1, 0.15) is 68.2 Å². The zero-order chi connectivity index (χ0) is 26.2. The molecule has 2 aliphatic rings. The highest BCUT2D eigenvalue weighted by Crippen LogP contribution is 2.48. The summed E-state index contributed by atoms with van der Waals surface area (Å²) in [5.41, 5.74) is 2.35. The molecule has 2 heterocycles. The number of hydrogen-bond donors (Lipinski definition) is 3. The van der Waals surface area contributed by atoms with Crippen molar-refractivity contribution in [2.75, 3.05) is 11.4 Å². The lowest BCUT2D eigenvalue weighted by Gasteiger charge is -2.45. The number of rotatable bonds is 6. The number of nitrogens with zero attached hydrogens (tertiary/aromatic N) is 3. The Morgan fingerprint density at radius 2 is 1.81 bits per heavy atom. The van der Waals surface area contributed by atoms with Crippen molar-refractivity contribution in [1.29, 1.82) is 0 Å². The van der Waals surface area contributed by atoms with E-state index in [9.17, 15) is 9.59 Å². The largest absolute Gasteiger partial charge is 0.345 e. The van der Waals surface area contributed by atoms with E-state index >= 15 is 0 Å². The first-order valence-electron chi connectivity index (χ1n) is 12.9. The Kier molecular flexibility index (Phi) is 6.79. The van der Waals surface area contributed by atoms with E-state index in [1.54, 1.807) is 0 Å². The Bertz CT molecular complexity index is 1240. The Labute approximate surface area is 222 Å². The maximum absolute atomic E-state index is 13.9. The number of carbonyl (C=O) groups is 2. The average Bonchev–Trinajstić information content (AvgIpc) is 3.09. The van der Waals surface area contributed by atoms with Crippen molar-refractivity contribution in [3.63, 3.8) is 0 Å². The number of anilines is 1. The van der Waals surface area contributed by atoms with Crippen LogP contribution in [-0.4, -0.2) is 44.3 Å². The van der Waals surface area contributed by atoms with Gasteiger partial charge < -0.3 is 10.2 Å². The fraction of sp³-hybridized carbons (Fsp3) is 0.464. The highest BCUT2D eigenvalue weighted by atomic mass is 35.5. The van der Waals surface area contributed by atoms with Gasteiger partial charge in [0.15, 0.2) is 5.82 Å². The number of nitrogens with one attached hydrogen (secondary N) is 3. The number of H-pyrrole nitrogens is 2. The van der Waals surface area contributed by atoms with Gasteiger partial charge in [-0.2, -0.15) is 0 Å². The summed E-state index contributed by atoms with van der Waals surface area (Å²) in [6.07, 6.45) is 4.13. The fourth-order valence-electron chi connectivity index (χ4n) is 5.77. The molecule has 8 nitrogen and oxygen atoms in total. The number of para-hydroxylation sites is 1. The molecular formula is C28H35ClN6O2. The molecule has 3 aromatic rings. The van der Waals surface area contributed by atoms with Gasteiger partial charge in [-0.05, 0) is 66.8 Å². The van der Waals surface area contributed by atoms with E-state index in [4.69, 9.17) is 11.6 Å². The first-order chi connectivity index (χ1) is 17.7. The van der Waals surface area contributed by atoms with Crippen molar-refractivity contribution in [3.05, 3.63) is 70.5 Å². The first kappa shape index (κ1) is 25.4. The van der Waals surface area contributed by atoms with Crippen LogP contribution in [0.3, 0.4) is 0 Å². The van der Waals surface area contributed by atoms with Gasteiger partial charge in [-0.3, -0.25) is 14.8 Å². The molecule has 37 heavy (non-hydrogen) atoms. The molecule has 2 aromatic carbocycles. The quantitative estimate of drug-likeness (QED) is 0.385. The minimum atomic E-state index is -0.238. The molecule has 5 rings (SSSR count). The molecule has 0 bridgehead atoms. The monoisotopic (exact) mass is 522 g/mol. The molecule has 0 atom stereocenters. The molecule has 1 aliphatic heterocycles. The van der Waals surface area contributed by atoms with Gasteiger partial charge in [-0.1, -0.05) is 56.6 Å². The lowest BCUT2D eigenvalue weighted by atomic mass is 9.67. The van der Waals surface area contributed by atoms with Gasteiger partial charge in [-0.15, -0.1) is 5.10 Å². The van der Waals surface area contributed by atoms with E-state index < -0.39 is 0 Å². The highest BCUT2D eigenvalue weighted by Gasteiger charge is 2.52. The number of urea groups is 1. The Morgan fingerprint density at radius 3 is 2.41 bits per heavy atom. The topological polar surface area (TPSA) is 97.1 Å². The number of aromatic amines is 2. The maximum Gasteiger partial charge on any atom is 0.325 e. The summed E-state index contributed by atoms with van der Waals surface area (Å²) in [7, 11) is 0. The number of halogens is 1. The van der Waals surface area contributed by atoms with Crippen LogP contribution in [-0.2, 0) is 13.1 Å². The Balaban J connectivity index is 1.36. The summed E-state index contributed by atoms with van der Waals surface area (Å²) in [5.74, 6) is 1.16. The van der Waals surface area contributed by atoms with Crippen molar-refractivity contribution in [2.45, 2.75) is 65.1 Å². The molecule has 3 amide bonds. The van der Waals surface area contributed by atoms with Gasteiger partial charge >= 0.3 is 6.03 Å². The van der Waals surface area contributed by atoms with E-state index in [-0.39, 0.29) is 22.9 Å².